The predicted octanol–water partition coefficient (Wildman–Crippen LogP) is 10.3. The van der Waals surface area contributed by atoms with Crippen molar-refractivity contribution in [2.24, 2.45) is 9.98 Å². The molecule has 0 fully saturated rings. The Kier molecular flexibility index (Phi) is 17.4. The molecule has 0 aliphatic rings. The van der Waals surface area contributed by atoms with Gasteiger partial charge in [-0.2, -0.15) is 6.42 Å². The summed E-state index contributed by atoms with van der Waals surface area (Å²) in [6, 6.07) is 23.5. The normalized spacial score (nSPS) is 10.8. The van der Waals surface area contributed by atoms with E-state index >= 15 is 0 Å². The largest absolute Gasteiger partial charge is 2.00 e. The maximum Gasteiger partial charge on any atom is 2.00 e. The van der Waals surface area contributed by atoms with Crippen LogP contribution in [0, 0.1) is 28.2 Å². The minimum absolute atomic E-state index is 0. The van der Waals surface area contributed by atoms with Crippen LogP contribution in [0.2, 0.25) is 0 Å². The molecular weight excluding hydrogens is 483 g/mol. The van der Waals surface area contributed by atoms with Crippen molar-refractivity contribution in [3.8, 4) is 11.1 Å². The Bertz CT molecular complexity index is 1070. The van der Waals surface area contributed by atoms with Gasteiger partial charge < -0.3 is 14.4 Å². The molecule has 196 valence electrons. The zero-order valence-electron chi connectivity index (χ0n) is 23.1. The van der Waals surface area contributed by atoms with Gasteiger partial charge in [-0.05, 0) is 85.2 Å². The molecule has 3 aromatic rings. The topological polar surface area (TPSA) is 24.7 Å². The van der Waals surface area contributed by atoms with Crippen molar-refractivity contribution in [3.05, 3.63) is 97.8 Å². The van der Waals surface area contributed by atoms with Crippen LogP contribution in [0.4, 0.5) is 11.4 Å². The van der Waals surface area contributed by atoms with Crippen molar-refractivity contribution in [1.82, 2.24) is 0 Å². The van der Waals surface area contributed by atoms with Crippen molar-refractivity contribution in [2.75, 3.05) is 0 Å². The Morgan fingerprint density at radius 3 is 2.06 bits per heavy atom. The third-order valence-corrected chi connectivity index (χ3v) is 5.46. The molecule has 0 heterocycles. The predicted molar refractivity (Wildman–Crippen MR) is 159 cm³/mol. The van der Waals surface area contributed by atoms with E-state index in [1.165, 1.54) is 47.1 Å². The molecule has 0 spiro atoms. The van der Waals surface area contributed by atoms with E-state index in [1.54, 1.807) is 0 Å². The average Bonchev–Trinajstić information content (AvgIpc) is 2.85. The van der Waals surface area contributed by atoms with Crippen molar-refractivity contribution < 1.29 is 16.5 Å². The molecule has 3 rings (SSSR count). The van der Waals surface area contributed by atoms with Crippen LogP contribution in [0.1, 0.15) is 69.6 Å². The fourth-order valence-corrected chi connectivity index (χ4v) is 3.58. The zero-order valence-corrected chi connectivity index (χ0v) is 24.1. The first-order valence-corrected chi connectivity index (χ1v) is 12.7. The zero-order chi connectivity index (χ0) is 24.8. The number of hydrogen-bond acceptors (Lipinski definition) is 2. The van der Waals surface area contributed by atoms with Crippen LogP contribution >= 0.6 is 0 Å². The molecule has 0 aliphatic heterocycles. The van der Waals surface area contributed by atoms with E-state index in [2.05, 4.69) is 102 Å². The SMILES string of the molecule is CCCCc1cc(C)cc(N=C(C=Nc2cc(C)cc(-c3ccccc3)c2)CC)c1.[CH2-]CCC.[CH3-].[Ni+2]. The van der Waals surface area contributed by atoms with Gasteiger partial charge >= 0.3 is 16.5 Å². The maximum absolute atomic E-state index is 4.89. The molecule has 2 nitrogen and oxygen atoms in total. The van der Waals surface area contributed by atoms with Gasteiger partial charge in [-0.1, -0.05) is 76.1 Å². The standard InChI is InChI=1S/C28H32N2.C4H9.CH3.Ni/c1-5-7-11-23-14-21(3)17-28(18-23)30-26(6-2)20-29-27-16-22(4)15-25(19-27)24-12-9-8-10-13-24;1-3-4-2;;/h8-10,12-20H,5-7,11H2,1-4H3;1,3-4H2,2H3;1H3;/q;2*-1;+2. The number of nitrogens with zero attached hydrogens (tertiary/aromatic N) is 2. The molecule has 0 radical (unpaired) electrons. The minimum Gasteiger partial charge on any atom is -0.358 e. The summed E-state index contributed by atoms with van der Waals surface area (Å²) < 4.78 is 0. The fraction of sp³-hybridized carbons (Fsp3) is 0.333. The first-order chi connectivity index (χ1) is 16.5. The maximum atomic E-state index is 4.89. The Morgan fingerprint density at radius 2 is 1.44 bits per heavy atom. The van der Waals surface area contributed by atoms with Crippen LogP contribution in [-0.2, 0) is 22.9 Å². The molecule has 0 aliphatic carbocycles. The molecule has 0 unspecified atom stereocenters. The van der Waals surface area contributed by atoms with E-state index in [9.17, 15) is 0 Å². The van der Waals surface area contributed by atoms with Crippen LogP contribution in [0.15, 0.2) is 76.7 Å². The molecule has 3 aromatic carbocycles. The number of rotatable bonds is 9. The Balaban J connectivity index is 0.00000190. The third-order valence-electron chi connectivity index (χ3n) is 5.46. The molecular formula is C33H44N2Ni. The summed E-state index contributed by atoms with van der Waals surface area (Å²) in [6.07, 6.45) is 8.57. The van der Waals surface area contributed by atoms with Gasteiger partial charge in [-0.25, -0.2) is 0 Å². The van der Waals surface area contributed by atoms with Gasteiger partial charge in [0.25, 0.3) is 0 Å². The molecule has 0 N–H and O–H groups in total. The second kappa shape index (κ2) is 18.7. The van der Waals surface area contributed by atoms with Gasteiger partial charge in [0.15, 0.2) is 0 Å². The number of aryl methyl sites for hydroxylation is 3. The van der Waals surface area contributed by atoms with Crippen molar-refractivity contribution in [3.63, 3.8) is 0 Å². The molecule has 0 bridgehead atoms. The van der Waals surface area contributed by atoms with Crippen LogP contribution in [0.5, 0.6) is 0 Å². The summed E-state index contributed by atoms with van der Waals surface area (Å²) in [5, 5.41) is 0. The van der Waals surface area contributed by atoms with E-state index < -0.39 is 0 Å². The van der Waals surface area contributed by atoms with Gasteiger partial charge in [-0.15, -0.1) is 0 Å². The summed E-state index contributed by atoms with van der Waals surface area (Å²) in [6.45, 7) is 14.3. The van der Waals surface area contributed by atoms with Crippen LogP contribution < -0.4 is 0 Å². The van der Waals surface area contributed by atoms with Gasteiger partial charge in [0.1, 0.15) is 0 Å². The molecule has 0 saturated heterocycles. The Labute approximate surface area is 231 Å². The molecule has 3 heteroatoms. The summed E-state index contributed by atoms with van der Waals surface area (Å²) in [5.41, 5.74) is 9.22. The summed E-state index contributed by atoms with van der Waals surface area (Å²) in [4.78, 5) is 9.65. The first-order valence-electron chi connectivity index (χ1n) is 12.7. The third kappa shape index (κ3) is 12.0. The van der Waals surface area contributed by atoms with Crippen molar-refractivity contribution >= 4 is 23.3 Å². The quantitative estimate of drug-likeness (QED) is 0.150. The molecule has 0 aromatic heterocycles. The van der Waals surface area contributed by atoms with Gasteiger partial charge in [0.2, 0.25) is 0 Å². The fourth-order valence-electron chi connectivity index (χ4n) is 3.58. The minimum atomic E-state index is 0. The first kappa shape index (κ1) is 33.5. The van der Waals surface area contributed by atoms with Gasteiger partial charge in [0.05, 0.1) is 17.1 Å². The Morgan fingerprint density at radius 1 is 0.806 bits per heavy atom. The molecule has 36 heavy (non-hydrogen) atoms. The second-order valence-corrected chi connectivity index (χ2v) is 8.77. The number of unbranched alkanes of at least 4 members (excludes halogenated alkanes) is 2. The molecule has 0 saturated carbocycles. The summed E-state index contributed by atoms with van der Waals surface area (Å²) in [7, 11) is 0. The van der Waals surface area contributed by atoms with Crippen molar-refractivity contribution in [2.45, 2.75) is 73.1 Å². The Hall–Kier alpha value is -2.51. The van der Waals surface area contributed by atoms with Gasteiger partial charge in [-0.3, -0.25) is 9.98 Å². The van der Waals surface area contributed by atoms with Crippen molar-refractivity contribution in [1.29, 1.82) is 0 Å². The van der Waals surface area contributed by atoms with E-state index in [1.807, 2.05) is 12.3 Å². The summed E-state index contributed by atoms with van der Waals surface area (Å²) >= 11 is 0. The number of aliphatic imine (C=N–C) groups is 2. The van der Waals surface area contributed by atoms with Crippen LogP contribution in [0.25, 0.3) is 11.1 Å². The second-order valence-electron chi connectivity index (χ2n) is 8.77. The summed E-state index contributed by atoms with van der Waals surface area (Å²) in [5.74, 6) is 0. The van der Waals surface area contributed by atoms with E-state index in [4.69, 9.17) is 9.98 Å². The monoisotopic (exact) mass is 526 g/mol. The average molecular weight is 527 g/mol. The molecule has 0 amide bonds. The smallest absolute Gasteiger partial charge is 0.358 e. The van der Waals surface area contributed by atoms with Crippen LogP contribution in [0.3, 0.4) is 0 Å². The van der Waals surface area contributed by atoms with E-state index in [0.29, 0.717) is 0 Å². The number of hydrogen-bond donors (Lipinski definition) is 0. The molecule has 0 atom stereocenters. The van der Waals surface area contributed by atoms with E-state index in [-0.39, 0.29) is 23.9 Å². The van der Waals surface area contributed by atoms with Gasteiger partial charge in [0, 0.05) is 6.21 Å². The van der Waals surface area contributed by atoms with E-state index in [0.717, 1.165) is 36.3 Å². The van der Waals surface area contributed by atoms with Crippen LogP contribution in [-0.4, -0.2) is 11.9 Å². The number of benzene rings is 3.